The van der Waals surface area contributed by atoms with E-state index in [1.54, 1.807) is 26.8 Å². The maximum atomic E-state index is 11.7. The predicted octanol–water partition coefficient (Wildman–Crippen LogP) is 2.27. The molecule has 0 aromatic carbocycles. The Kier molecular flexibility index (Phi) is 5.52. The van der Waals surface area contributed by atoms with Crippen LogP contribution in [-0.4, -0.2) is 37.3 Å². The van der Waals surface area contributed by atoms with Gasteiger partial charge in [0, 0.05) is 18.0 Å². The quantitative estimate of drug-likeness (QED) is 0.747. The Morgan fingerprint density at radius 3 is 2.52 bits per heavy atom. The molecule has 0 atom stereocenters. The molecule has 132 valence electrons. The number of halogens is 1. The zero-order valence-electron chi connectivity index (χ0n) is 13.9. The summed E-state index contributed by atoms with van der Waals surface area (Å²) in [6.07, 6.45) is 3.64. The minimum absolute atomic E-state index is 0.189. The molecule has 9 nitrogen and oxygen atoms in total. The van der Waals surface area contributed by atoms with Crippen molar-refractivity contribution in [3.63, 3.8) is 0 Å². The average Bonchev–Trinajstić information content (AvgIpc) is 2.89. The summed E-state index contributed by atoms with van der Waals surface area (Å²) >= 11 is 3.12. The first-order valence-electron chi connectivity index (χ1n) is 7.19. The fraction of sp³-hybridized carbons (Fsp3) is 0.267. The minimum atomic E-state index is -0.652. The van der Waals surface area contributed by atoms with E-state index in [0.717, 1.165) is 0 Å². The molecule has 10 heteroatoms. The lowest BCUT2D eigenvalue weighted by atomic mass is 10.1. The van der Waals surface area contributed by atoms with Crippen LogP contribution in [-0.2, 0) is 9.53 Å². The highest BCUT2D eigenvalue weighted by Crippen LogP contribution is 2.17. The van der Waals surface area contributed by atoms with Gasteiger partial charge >= 0.3 is 6.09 Å². The number of ether oxygens (including phenoxy) is 1. The van der Waals surface area contributed by atoms with Gasteiger partial charge in [-0.1, -0.05) is 0 Å². The highest BCUT2D eigenvalue weighted by molar-refractivity contribution is 9.10. The van der Waals surface area contributed by atoms with Crippen molar-refractivity contribution in [1.29, 1.82) is 0 Å². The van der Waals surface area contributed by atoms with Gasteiger partial charge in [0.1, 0.15) is 17.7 Å². The van der Waals surface area contributed by atoms with E-state index in [0.29, 0.717) is 10.3 Å². The molecule has 0 saturated carbocycles. The Bertz CT molecular complexity index is 807. The smallest absolute Gasteiger partial charge is 0.413 e. The number of rotatable bonds is 4. The van der Waals surface area contributed by atoms with Crippen LogP contribution in [0.2, 0.25) is 0 Å². The van der Waals surface area contributed by atoms with E-state index in [-0.39, 0.29) is 11.4 Å². The number of amides is 2. The second-order valence-corrected chi connectivity index (χ2v) is 6.67. The van der Waals surface area contributed by atoms with Gasteiger partial charge in [0.25, 0.3) is 5.91 Å². The molecule has 0 saturated heterocycles. The second kappa shape index (κ2) is 7.43. The fourth-order valence-electron chi connectivity index (χ4n) is 1.76. The van der Waals surface area contributed by atoms with Crippen molar-refractivity contribution >= 4 is 45.5 Å². The molecule has 0 bridgehead atoms. The molecular formula is C15H17BrN6O3. The van der Waals surface area contributed by atoms with Crippen LogP contribution < -0.4 is 11.1 Å². The number of pyridine rings is 1. The Hall–Kier alpha value is -2.75. The van der Waals surface area contributed by atoms with Gasteiger partial charge in [-0.05, 0) is 48.8 Å². The molecule has 0 spiro atoms. The maximum Gasteiger partial charge on any atom is 0.413 e. The number of hydrogen-bond donors (Lipinski definition) is 2. The SMILES string of the molecule is CC(C)(C)OC(=O)Nc1ccc(/C(=C\n2cnc(Br)n2)C(N)=O)cn1. The summed E-state index contributed by atoms with van der Waals surface area (Å²) in [6.45, 7) is 5.28. The second-order valence-electron chi connectivity index (χ2n) is 5.96. The average molecular weight is 409 g/mol. The first-order valence-corrected chi connectivity index (χ1v) is 7.98. The van der Waals surface area contributed by atoms with Gasteiger partial charge in [0.05, 0.1) is 5.57 Å². The minimum Gasteiger partial charge on any atom is -0.444 e. The molecule has 2 heterocycles. The van der Waals surface area contributed by atoms with E-state index < -0.39 is 17.6 Å². The highest BCUT2D eigenvalue weighted by atomic mass is 79.9. The van der Waals surface area contributed by atoms with Gasteiger partial charge in [0.2, 0.25) is 4.73 Å². The third-order valence-corrected chi connectivity index (χ3v) is 3.07. The standard InChI is InChI=1S/C15H17BrN6O3/c1-15(2,3)25-14(24)20-11-5-4-9(6-18-11)10(12(17)23)7-22-8-19-13(16)21-22/h4-8H,1-3H3,(H2,17,23)(H,18,20,24)/b10-7+. The number of primary amides is 1. The molecule has 0 fully saturated rings. The van der Waals surface area contributed by atoms with Crippen molar-refractivity contribution in [3.8, 4) is 0 Å². The summed E-state index contributed by atoms with van der Waals surface area (Å²) in [5, 5.41) is 6.50. The van der Waals surface area contributed by atoms with E-state index in [4.69, 9.17) is 10.5 Å². The number of carbonyl (C=O) groups excluding carboxylic acids is 2. The van der Waals surface area contributed by atoms with Crippen molar-refractivity contribution in [2.75, 3.05) is 5.32 Å². The van der Waals surface area contributed by atoms with E-state index in [1.165, 1.54) is 29.5 Å². The van der Waals surface area contributed by atoms with Crippen molar-refractivity contribution in [2.45, 2.75) is 26.4 Å². The number of hydrogen-bond acceptors (Lipinski definition) is 6. The van der Waals surface area contributed by atoms with Crippen LogP contribution in [0.15, 0.2) is 29.4 Å². The summed E-state index contributed by atoms with van der Waals surface area (Å²) in [7, 11) is 0. The molecule has 0 aliphatic heterocycles. The van der Waals surface area contributed by atoms with Gasteiger partial charge in [-0.3, -0.25) is 10.1 Å². The number of carbonyl (C=O) groups is 2. The van der Waals surface area contributed by atoms with Crippen molar-refractivity contribution < 1.29 is 14.3 Å². The van der Waals surface area contributed by atoms with Gasteiger partial charge in [0.15, 0.2) is 0 Å². The summed E-state index contributed by atoms with van der Waals surface area (Å²) in [5.74, 6) is -0.369. The lowest BCUT2D eigenvalue weighted by Crippen LogP contribution is -2.27. The zero-order chi connectivity index (χ0) is 18.6. The summed E-state index contributed by atoms with van der Waals surface area (Å²) < 4.78 is 6.86. The Labute approximate surface area is 152 Å². The monoisotopic (exact) mass is 408 g/mol. The van der Waals surface area contributed by atoms with Crippen molar-refractivity contribution in [1.82, 2.24) is 19.7 Å². The van der Waals surface area contributed by atoms with Crippen LogP contribution in [0.5, 0.6) is 0 Å². The normalized spacial score (nSPS) is 11.9. The predicted molar refractivity (Wildman–Crippen MR) is 95.2 cm³/mol. The topological polar surface area (TPSA) is 125 Å². The van der Waals surface area contributed by atoms with E-state index in [2.05, 4.69) is 36.3 Å². The molecule has 2 aromatic heterocycles. The maximum absolute atomic E-state index is 11.7. The molecule has 3 N–H and O–H groups in total. The Morgan fingerprint density at radius 1 is 1.32 bits per heavy atom. The largest absolute Gasteiger partial charge is 0.444 e. The summed E-state index contributed by atoms with van der Waals surface area (Å²) in [5.41, 5.74) is 5.46. The molecule has 0 aliphatic rings. The van der Waals surface area contributed by atoms with Crippen molar-refractivity contribution in [3.05, 3.63) is 35.0 Å². The number of aromatic nitrogens is 4. The van der Waals surface area contributed by atoms with Crippen LogP contribution in [0.4, 0.5) is 10.6 Å². The van der Waals surface area contributed by atoms with Gasteiger partial charge in [-0.15, -0.1) is 5.10 Å². The van der Waals surface area contributed by atoms with Crippen LogP contribution in [0.3, 0.4) is 0 Å². The Balaban J connectivity index is 2.18. The molecule has 2 aromatic rings. The van der Waals surface area contributed by atoms with Crippen LogP contribution >= 0.6 is 15.9 Å². The number of nitrogens with one attached hydrogen (secondary N) is 1. The third kappa shape index (κ3) is 5.68. The van der Waals surface area contributed by atoms with Crippen LogP contribution in [0, 0.1) is 0 Å². The lowest BCUT2D eigenvalue weighted by Gasteiger charge is -2.19. The van der Waals surface area contributed by atoms with E-state index >= 15 is 0 Å². The van der Waals surface area contributed by atoms with Crippen molar-refractivity contribution in [2.24, 2.45) is 5.73 Å². The lowest BCUT2D eigenvalue weighted by molar-refractivity contribution is -0.112. The zero-order valence-corrected chi connectivity index (χ0v) is 15.4. The molecular weight excluding hydrogens is 392 g/mol. The van der Waals surface area contributed by atoms with Crippen LogP contribution in [0.1, 0.15) is 26.3 Å². The van der Waals surface area contributed by atoms with Gasteiger partial charge in [-0.2, -0.15) is 0 Å². The first-order chi connectivity index (χ1) is 11.6. The van der Waals surface area contributed by atoms with Gasteiger partial charge < -0.3 is 10.5 Å². The molecule has 0 unspecified atom stereocenters. The molecule has 25 heavy (non-hydrogen) atoms. The highest BCUT2D eigenvalue weighted by Gasteiger charge is 2.17. The third-order valence-electron chi connectivity index (χ3n) is 2.71. The Morgan fingerprint density at radius 2 is 2.04 bits per heavy atom. The summed E-state index contributed by atoms with van der Waals surface area (Å²) in [4.78, 5) is 31.4. The molecule has 0 aliphatic carbocycles. The fourth-order valence-corrected chi connectivity index (χ4v) is 2.04. The van der Waals surface area contributed by atoms with E-state index in [1.807, 2.05) is 0 Å². The molecule has 2 amide bonds. The van der Waals surface area contributed by atoms with Crippen LogP contribution in [0.25, 0.3) is 11.8 Å². The number of nitrogens with two attached hydrogens (primary N) is 1. The van der Waals surface area contributed by atoms with Gasteiger partial charge in [-0.25, -0.2) is 19.4 Å². The number of nitrogens with zero attached hydrogens (tertiary/aromatic N) is 4. The van der Waals surface area contributed by atoms with E-state index in [9.17, 15) is 9.59 Å². The molecule has 0 radical (unpaired) electrons. The summed E-state index contributed by atoms with van der Waals surface area (Å²) in [6, 6.07) is 3.13. The molecule has 2 rings (SSSR count). The number of anilines is 1. The first kappa shape index (κ1) is 18.6.